The van der Waals surface area contributed by atoms with Gasteiger partial charge in [-0.05, 0) is 74.5 Å². The Balaban J connectivity index is 0.000000127. The van der Waals surface area contributed by atoms with Gasteiger partial charge in [0, 0.05) is 12.4 Å². The second kappa shape index (κ2) is 9.74. The third-order valence-corrected chi connectivity index (χ3v) is 8.88. The SMILES string of the molecule is CS(=O)(=O)n1cc2c(n1)CCC2.CS(=O)(=O)n1cc2c(n1)CCC2.CS(=O)(=O)n1ncc2c1CCC2. The Bertz CT molecular complexity index is 1470. The largest absolute Gasteiger partial charge is 0.251 e. The van der Waals surface area contributed by atoms with Gasteiger partial charge in [-0.15, -0.1) is 0 Å². The zero-order chi connectivity index (χ0) is 26.3. The molecule has 0 amide bonds. The molecule has 0 aliphatic heterocycles. The minimum atomic E-state index is -3.18. The van der Waals surface area contributed by atoms with Gasteiger partial charge in [-0.3, -0.25) is 0 Å². The van der Waals surface area contributed by atoms with Crippen LogP contribution < -0.4 is 0 Å². The summed E-state index contributed by atoms with van der Waals surface area (Å²) in [6.45, 7) is 0. The Labute approximate surface area is 211 Å². The number of aryl methyl sites for hydroxylation is 5. The number of nitrogens with zero attached hydrogens (tertiary/aromatic N) is 6. The molecule has 0 saturated heterocycles. The van der Waals surface area contributed by atoms with Crippen molar-refractivity contribution in [2.45, 2.75) is 57.8 Å². The summed E-state index contributed by atoms with van der Waals surface area (Å²) in [6.07, 6.45) is 17.2. The normalized spacial score (nSPS) is 16.4. The predicted molar refractivity (Wildman–Crippen MR) is 133 cm³/mol. The van der Waals surface area contributed by atoms with Crippen LogP contribution in [-0.2, 0) is 68.6 Å². The lowest BCUT2D eigenvalue weighted by atomic mass is 10.3. The first kappa shape index (κ1) is 26.5. The quantitative estimate of drug-likeness (QED) is 0.448. The number of aromatic nitrogens is 6. The van der Waals surface area contributed by atoms with Crippen LogP contribution in [0.2, 0.25) is 0 Å². The van der Waals surface area contributed by atoms with E-state index in [0.29, 0.717) is 0 Å². The van der Waals surface area contributed by atoms with Crippen molar-refractivity contribution in [3.63, 3.8) is 0 Å². The average Bonchev–Trinajstić information content (AvgIpc) is 3.54. The Hall–Kier alpha value is -2.52. The Morgan fingerprint density at radius 3 is 1.47 bits per heavy atom. The van der Waals surface area contributed by atoms with Crippen molar-refractivity contribution >= 4 is 30.1 Å². The number of fused-ring (bicyclic) bond motifs is 3. The van der Waals surface area contributed by atoms with Crippen LogP contribution in [0, 0.1) is 0 Å². The molecule has 0 spiro atoms. The number of rotatable bonds is 3. The van der Waals surface area contributed by atoms with Gasteiger partial charge in [-0.1, -0.05) is 0 Å². The molecule has 0 unspecified atom stereocenters. The van der Waals surface area contributed by atoms with Crippen LogP contribution in [0.3, 0.4) is 0 Å². The minimum absolute atomic E-state index is 0.836. The molecule has 36 heavy (non-hydrogen) atoms. The Morgan fingerprint density at radius 2 is 1.06 bits per heavy atom. The number of hydrogen-bond acceptors (Lipinski definition) is 9. The van der Waals surface area contributed by atoms with Crippen molar-refractivity contribution in [1.82, 2.24) is 27.6 Å². The van der Waals surface area contributed by atoms with E-state index < -0.39 is 30.1 Å². The highest BCUT2D eigenvalue weighted by atomic mass is 32.2. The summed E-state index contributed by atoms with van der Waals surface area (Å²) in [5.41, 5.74) is 6.01. The van der Waals surface area contributed by atoms with E-state index >= 15 is 0 Å². The first-order valence-electron chi connectivity index (χ1n) is 11.6. The minimum Gasteiger partial charge on any atom is -0.205 e. The van der Waals surface area contributed by atoms with Crippen LogP contribution in [0.1, 0.15) is 53.0 Å². The van der Waals surface area contributed by atoms with Crippen LogP contribution in [0.15, 0.2) is 18.6 Å². The molecule has 198 valence electrons. The average molecular weight is 559 g/mol. The Kier molecular flexibility index (Phi) is 7.18. The molecule has 0 aromatic carbocycles. The summed E-state index contributed by atoms with van der Waals surface area (Å²) >= 11 is 0. The molecule has 0 fully saturated rings. The first-order valence-corrected chi connectivity index (χ1v) is 17.1. The molecule has 3 aliphatic rings. The molecule has 3 aromatic heterocycles. The second-order valence-corrected chi connectivity index (χ2v) is 14.7. The van der Waals surface area contributed by atoms with E-state index in [0.717, 1.165) is 116 Å². The maximum absolute atomic E-state index is 11.2. The van der Waals surface area contributed by atoms with Gasteiger partial charge in [0.15, 0.2) is 0 Å². The smallest absolute Gasteiger partial charge is 0.205 e. The molecule has 0 saturated carbocycles. The van der Waals surface area contributed by atoms with Gasteiger partial charge in [-0.2, -0.15) is 27.6 Å². The van der Waals surface area contributed by atoms with Gasteiger partial charge in [0.2, 0.25) is 0 Å². The van der Waals surface area contributed by atoms with Gasteiger partial charge >= 0.3 is 0 Å². The van der Waals surface area contributed by atoms with E-state index in [1.807, 2.05) is 0 Å². The molecule has 12 nitrogen and oxygen atoms in total. The van der Waals surface area contributed by atoms with Crippen LogP contribution in [0.4, 0.5) is 0 Å². The lowest BCUT2D eigenvalue weighted by Gasteiger charge is -2.00. The fraction of sp³-hybridized carbons (Fsp3) is 0.571. The zero-order valence-corrected chi connectivity index (χ0v) is 22.9. The molecule has 0 N–H and O–H groups in total. The van der Waals surface area contributed by atoms with E-state index in [1.165, 1.54) is 6.26 Å². The zero-order valence-electron chi connectivity index (χ0n) is 20.5. The van der Waals surface area contributed by atoms with E-state index in [-0.39, 0.29) is 0 Å². The summed E-state index contributed by atoms with van der Waals surface area (Å²) in [4.78, 5) is 0. The summed E-state index contributed by atoms with van der Waals surface area (Å²) < 4.78 is 69.7. The standard InChI is InChI=1S/3C7H10N2O2S/c2*1-12(10,11)9-5-6-3-2-4-7(6)8-9;1-12(10,11)9-7-4-2-3-6(7)5-8-9/h3*5H,2-4H2,1H3. The summed E-state index contributed by atoms with van der Waals surface area (Å²) in [6, 6.07) is 0. The molecule has 3 aromatic rings. The molecule has 0 radical (unpaired) electrons. The van der Waals surface area contributed by atoms with Crippen molar-refractivity contribution in [2.75, 3.05) is 18.8 Å². The molecule has 0 atom stereocenters. The van der Waals surface area contributed by atoms with Crippen molar-refractivity contribution in [2.24, 2.45) is 0 Å². The van der Waals surface area contributed by atoms with Crippen molar-refractivity contribution < 1.29 is 25.3 Å². The molecule has 6 rings (SSSR count). The maximum atomic E-state index is 11.2. The summed E-state index contributed by atoms with van der Waals surface area (Å²) in [7, 11) is -9.53. The van der Waals surface area contributed by atoms with E-state index in [2.05, 4.69) is 15.3 Å². The van der Waals surface area contributed by atoms with Crippen molar-refractivity contribution in [3.8, 4) is 0 Å². The predicted octanol–water partition coefficient (Wildman–Crippen LogP) is 0.539. The molecule has 15 heteroatoms. The molecular formula is C21H30N6O6S3. The van der Waals surface area contributed by atoms with Gasteiger partial charge < -0.3 is 0 Å². The van der Waals surface area contributed by atoms with Gasteiger partial charge in [0.1, 0.15) is 0 Å². The van der Waals surface area contributed by atoms with Gasteiger partial charge in [-0.25, -0.2) is 25.3 Å². The summed E-state index contributed by atoms with van der Waals surface area (Å²) in [5.74, 6) is 0. The van der Waals surface area contributed by atoms with E-state index in [1.54, 1.807) is 18.6 Å². The van der Waals surface area contributed by atoms with Crippen molar-refractivity contribution in [3.05, 3.63) is 52.4 Å². The first-order chi connectivity index (χ1) is 16.7. The molecule has 3 heterocycles. The maximum Gasteiger partial charge on any atom is 0.251 e. The highest BCUT2D eigenvalue weighted by molar-refractivity contribution is 7.89. The highest BCUT2D eigenvalue weighted by Crippen LogP contribution is 2.22. The monoisotopic (exact) mass is 558 g/mol. The number of hydrogen-bond donors (Lipinski definition) is 0. The van der Waals surface area contributed by atoms with Crippen LogP contribution in [0.5, 0.6) is 0 Å². The third-order valence-electron chi connectivity index (χ3n) is 6.21. The summed E-state index contributed by atoms with van der Waals surface area (Å²) in [5, 5.41) is 11.8. The van der Waals surface area contributed by atoms with E-state index in [9.17, 15) is 25.3 Å². The molecule has 0 bridgehead atoms. The lowest BCUT2D eigenvalue weighted by molar-refractivity contribution is 0.582. The van der Waals surface area contributed by atoms with Crippen LogP contribution in [0.25, 0.3) is 0 Å². The molecule has 3 aliphatic carbocycles. The lowest BCUT2D eigenvalue weighted by Crippen LogP contribution is -2.14. The second-order valence-electron chi connectivity index (χ2n) is 9.26. The van der Waals surface area contributed by atoms with Crippen LogP contribution in [-0.4, -0.2) is 71.6 Å². The van der Waals surface area contributed by atoms with Crippen molar-refractivity contribution in [1.29, 1.82) is 0 Å². The van der Waals surface area contributed by atoms with Crippen LogP contribution >= 0.6 is 0 Å². The topological polar surface area (TPSA) is 156 Å². The fourth-order valence-corrected chi connectivity index (χ4v) is 6.46. The Morgan fingerprint density at radius 1 is 0.611 bits per heavy atom. The van der Waals surface area contributed by atoms with E-state index in [4.69, 9.17) is 0 Å². The van der Waals surface area contributed by atoms with Gasteiger partial charge in [0.25, 0.3) is 30.1 Å². The highest BCUT2D eigenvalue weighted by Gasteiger charge is 2.21. The molecular weight excluding hydrogens is 528 g/mol. The fourth-order valence-electron chi connectivity index (χ4n) is 4.50. The third kappa shape index (κ3) is 5.89. The van der Waals surface area contributed by atoms with Gasteiger partial charge in [0.05, 0.1) is 42.0 Å².